The number of hydrogen-bond donors (Lipinski definition) is 1. The second kappa shape index (κ2) is 8.23. The van der Waals surface area contributed by atoms with Gasteiger partial charge in [-0.1, -0.05) is 0 Å². The summed E-state index contributed by atoms with van der Waals surface area (Å²) in [7, 11) is 2.83. The molecule has 3 aromatic rings. The van der Waals surface area contributed by atoms with E-state index in [-0.39, 0.29) is 28.6 Å². The van der Waals surface area contributed by atoms with Crippen LogP contribution < -0.4 is 14.8 Å². The van der Waals surface area contributed by atoms with E-state index in [1.807, 2.05) is 10.6 Å². The van der Waals surface area contributed by atoms with E-state index in [1.54, 1.807) is 18.5 Å². The predicted molar refractivity (Wildman–Crippen MR) is 111 cm³/mol. The molecule has 156 valence electrons. The van der Waals surface area contributed by atoms with Gasteiger partial charge in [0.1, 0.15) is 5.65 Å². The molecule has 3 aromatic heterocycles. The Hall–Kier alpha value is -4.26. The summed E-state index contributed by atoms with van der Waals surface area (Å²) in [6.45, 7) is 7.92. The molecule has 0 unspecified atom stereocenters. The summed E-state index contributed by atoms with van der Waals surface area (Å²) in [5.41, 5.74) is 1.81. The average Bonchev–Trinajstić information content (AvgIpc) is 3.29. The van der Waals surface area contributed by atoms with Crippen LogP contribution in [0.2, 0.25) is 0 Å². The van der Waals surface area contributed by atoms with Gasteiger partial charge in [0, 0.05) is 42.5 Å². The first-order valence-electron chi connectivity index (χ1n) is 9.41. The summed E-state index contributed by atoms with van der Waals surface area (Å²) in [5, 5.41) is 3.07. The van der Waals surface area contributed by atoms with Crippen LogP contribution in [0.3, 0.4) is 0 Å². The Kier molecular flexibility index (Phi) is 5.32. The van der Waals surface area contributed by atoms with E-state index in [1.165, 1.54) is 20.4 Å². The monoisotopic (exact) mass is 418 g/mol. The van der Waals surface area contributed by atoms with Gasteiger partial charge in [0.2, 0.25) is 12.4 Å². The van der Waals surface area contributed by atoms with Crippen LogP contribution in [0.5, 0.6) is 11.9 Å². The van der Waals surface area contributed by atoms with Gasteiger partial charge in [0.15, 0.2) is 0 Å². The quantitative estimate of drug-likeness (QED) is 0.353. The maximum atomic E-state index is 12.8. The SMILES string of the molecule is [C-]#[N+]CCCn1cc(C2=C(c3cnc(OC)nc3OC)C(=O)NC2=O)c2cccnc21. The normalized spacial score (nSPS) is 13.5. The van der Waals surface area contributed by atoms with Gasteiger partial charge in [0.05, 0.1) is 30.9 Å². The molecule has 2 amide bonds. The molecule has 10 nitrogen and oxygen atoms in total. The Balaban J connectivity index is 1.94. The lowest BCUT2D eigenvalue weighted by molar-refractivity contribution is -0.122. The fourth-order valence-electron chi connectivity index (χ4n) is 3.56. The summed E-state index contributed by atoms with van der Waals surface area (Å²) >= 11 is 0. The number of aromatic nitrogens is 4. The van der Waals surface area contributed by atoms with E-state index < -0.39 is 11.8 Å². The molecule has 31 heavy (non-hydrogen) atoms. The number of methoxy groups -OCH3 is 2. The number of fused-ring (bicyclic) bond motifs is 1. The molecule has 0 fully saturated rings. The number of hydrogen-bond acceptors (Lipinski definition) is 7. The largest absolute Gasteiger partial charge is 0.480 e. The smallest absolute Gasteiger partial charge is 0.319 e. The first kappa shape index (κ1) is 20.0. The Bertz CT molecular complexity index is 1270. The number of aryl methyl sites for hydroxylation is 1. The summed E-state index contributed by atoms with van der Waals surface area (Å²) in [6.07, 6.45) is 5.48. The summed E-state index contributed by atoms with van der Waals surface area (Å²) in [6, 6.07) is 3.68. The Morgan fingerprint density at radius 3 is 2.61 bits per heavy atom. The minimum absolute atomic E-state index is 0.0769. The number of pyridine rings is 1. The molecular formula is C21H18N6O4. The van der Waals surface area contributed by atoms with Gasteiger partial charge in [-0.15, -0.1) is 0 Å². The second-order valence-corrected chi connectivity index (χ2v) is 6.66. The number of amides is 2. The van der Waals surface area contributed by atoms with Crippen molar-refractivity contribution in [2.75, 3.05) is 20.8 Å². The zero-order valence-electron chi connectivity index (χ0n) is 16.9. The third-order valence-electron chi connectivity index (χ3n) is 4.88. The Labute approximate surface area is 177 Å². The standard InChI is InChI=1S/C21H18N6O4/c1-22-7-5-9-27-11-14(12-6-4-8-23-17(12)27)16-15(18(28)25-19(16)29)13-10-24-21(31-3)26-20(13)30-2/h4,6,8,10-11H,5,7,9H2,2-3H3,(H,25,28,29). The number of nitrogens with one attached hydrogen (secondary N) is 1. The highest BCUT2D eigenvalue weighted by Crippen LogP contribution is 2.38. The number of imide groups is 1. The van der Waals surface area contributed by atoms with Gasteiger partial charge in [0.25, 0.3) is 11.8 Å². The van der Waals surface area contributed by atoms with Crippen molar-refractivity contribution < 1.29 is 19.1 Å². The molecule has 0 atom stereocenters. The summed E-state index contributed by atoms with van der Waals surface area (Å²) in [5.74, 6) is -0.977. The fourth-order valence-corrected chi connectivity index (χ4v) is 3.56. The van der Waals surface area contributed by atoms with Crippen LogP contribution in [-0.4, -0.2) is 52.1 Å². The third kappa shape index (κ3) is 3.46. The van der Waals surface area contributed by atoms with Crippen molar-refractivity contribution in [2.45, 2.75) is 13.0 Å². The summed E-state index contributed by atoms with van der Waals surface area (Å²) in [4.78, 5) is 41.6. The zero-order valence-corrected chi connectivity index (χ0v) is 16.9. The third-order valence-corrected chi connectivity index (χ3v) is 4.88. The molecule has 0 aromatic carbocycles. The van der Waals surface area contributed by atoms with E-state index in [0.29, 0.717) is 30.7 Å². The lowest BCUT2D eigenvalue weighted by Gasteiger charge is -2.09. The molecule has 0 saturated heterocycles. The number of carbonyl (C=O) groups is 2. The van der Waals surface area contributed by atoms with Gasteiger partial charge in [-0.2, -0.15) is 4.98 Å². The average molecular weight is 418 g/mol. The first-order valence-corrected chi connectivity index (χ1v) is 9.41. The van der Waals surface area contributed by atoms with Crippen LogP contribution in [0.4, 0.5) is 0 Å². The lowest BCUT2D eigenvalue weighted by atomic mass is 9.97. The van der Waals surface area contributed by atoms with E-state index in [4.69, 9.17) is 16.0 Å². The zero-order chi connectivity index (χ0) is 22.0. The van der Waals surface area contributed by atoms with Gasteiger partial charge >= 0.3 is 6.01 Å². The number of ether oxygens (including phenoxy) is 2. The van der Waals surface area contributed by atoms with Crippen LogP contribution in [-0.2, 0) is 16.1 Å². The number of carbonyl (C=O) groups excluding carboxylic acids is 2. The van der Waals surface area contributed by atoms with Crippen LogP contribution in [0.1, 0.15) is 17.5 Å². The van der Waals surface area contributed by atoms with E-state index >= 15 is 0 Å². The van der Waals surface area contributed by atoms with Crippen LogP contribution in [0.15, 0.2) is 30.7 Å². The Morgan fingerprint density at radius 1 is 1.13 bits per heavy atom. The van der Waals surface area contributed by atoms with Crippen LogP contribution in [0, 0.1) is 6.57 Å². The second-order valence-electron chi connectivity index (χ2n) is 6.66. The van der Waals surface area contributed by atoms with E-state index in [2.05, 4.69) is 25.1 Å². The number of nitrogens with zero attached hydrogens (tertiary/aromatic N) is 5. The lowest BCUT2D eigenvalue weighted by Crippen LogP contribution is -2.23. The highest BCUT2D eigenvalue weighted by Gasteiger charge is 2.36. The highest BCUT2D eigenvalue weighted by molar-refractivity contribution is 6.50. The van der Waals surface area contributed by atoms with Crippen molar-refractivity contribution in [1.29, 1.82) is 0 Å². The molecule has 1 N–H and O–H groups in total. The van der Waals surface area contributed by atoms with Crippen LogP contribution >= 0.6 is 0 Å². The predicted octanol–water partition coefficient (Wildman–Crippen LogP) is 1.72. The van der Waals surface area contributed by atoms with Gasteiger partial charge in [-0.25, -0.2) is 16.5 Å². The molecular weight excluding hydrogens is 400 g/mol. The summed E-state index contributed by atoms with van der Waals surface area (Å²) < 4.78 is 12.2. The molecule has 0 aliphatic carbocycles. The molecule has 0 spiro atoms. The molecule has 1 aliphatic heterocycles. The molecule has 0 radical (unpaired) electrons. The van der Waals surface area contributed by atoms with Crippen LogP contribution in [0.25, 0.3) is 27.0 Å². The van der Waals surface area contributed by atoms with Crippen molar-refractivity contribution in [3.8, 4) is 11.9 Å². The molecule has 4 heterocycles. The van der Waals surface area contributed by atoms with Crippen molar-refractivity contribution >= 4 is 34.0 Å². The van der Waals surface area contributed by atoms with Gasteiger partial charge < -0.3 is 18.9 Å². The Morgan fingerprint density at radius 2 is 1.90 bits per heavy atom. The van der Waals surface area contributed by atoms with Crippen molar-refractivity contribution in [3.05, 3.63) is 53.3 Å². The van der Waals surface area contributed by atoms with E-state index in [9.17, 15) is 9.59 Å². The minimum Gasteiger partial charge on any atom is -0.480 e. The van der Waals surface area contributed by atoms with Crippen molar-refractivity contribution in [3.63, 3.8) is 0 Å². The molecule has 4 rings (SSSR count). The highest BCUT2D eigenvalue weighted by atomic mass is 16.5. The molecule has 1 aliphatic rings. The minimum atomic E-state index is -0.565. The molecule has 10 heteroatoms. The fraction of sp³-hybridized carbons (Fsp3) is 0.238. The van der Waals surface area contributed by atoms with Gasteiger partial charge in [-0.05, 0) is 12.1 Å². The maximum absolute atomic E-state index is 12.8. The van der Waals surface area contributed by atoms with Crippen molar-refractivity contribution in [1.82, 2.24) is 24.8 Å². The van der Waals surface area contributed by atoms with Crippen molar-refractivity contribution in [2.24, 2.45) is 0 Å². The molecule has 0 bridgehead atoms. The molecule has 0 saturated carbocycles. The maximum Gasteiger partial charge on any atom is 0.319 e. The van der Waals surface area contributed by atoms with E-state index in [0.717, 1.165) is 5.39 Å². The topological polar surface area (TPSA) is 113 Å². The number of rotatable bonds is 7. The first-order chi connectivity index (χ1) is 15.1. The van der Waals surface area contributed by atoms with Gasteiger partial charge in [-0.3, -0.25) is 14.9 Å².